The number of nitrogens with zero attached hydrogens (tertiary/aromatic N) is 2. The van der Waals surface area contributed by atoms with Gasteiger partial charge >= 0.3 is 0 Å². The van der Waals surface area contributed by atoms with Crippen molar-refractivity contribution in [2.24, 2.45) is 23.5 Å². The molecule has 226 valence electrons. The van der Waals surface area contributed by atoms with Crippen molar-refractivity contribution in [2.45, 2.75) is 70.0 Å². The van der Waals surface area contributed by atoms with Crippen molar-refractivity contribution in [3.8, 4) is 5.75 Å². The van der Waals surface area contributed by atoms with Crippen LogP contribution in [0.3, 0.4) is 0 Å². The number of ether oxygens (including phenoxy) is 1. The summed E-state index contributed by atoms with van der Waals surface area (Å²) >= 11 is 0. The molecule has 1 unspecified atom stereocenters. The summed E-state index contributed by atoms with van der Waals surface area (Å²) in [5.74, 6) is 0.876. The van der Waals surface area contributed by atoms with Gasteiger partial charge in [0, 0.05) is 37.2 Å². The van der Waals surface area contributed by atoms with Crippen molar-refractivity contribution >= 4 is 17.7 Å². The molecule has 0 aromatic heterocycles. The van der Waals surface area contributed by atoms with E-state index in [1.807, 2.05) is 29.2 Å². The molecule has 3 amide bonds. The highest BCUT2D eigenvalue weighted by molar-refractivity contribution is 5.97. The van der Waals surface area contributed by atoms with Crippen molar-refractivity contribution in [2.75, 3.05) is 26.7 Å². The van der Waals surface area contributed by atoms with Crippen LogP contribution in [0, 0.1) is 23.6 Å². The lowest BCUT2D eigenvalue weighted by Crippen LogP contribution is -2.58. The fourth-order valence-electron chi connectivity index (χ4n) is 6.43. The van der Waals surface area contributed by atoms with Crippen LogP contribution in [0.2, 0.25) is 0 Å². The third-order valence-electron chi connectivity index (χ3n) is 9.23. The highest BCUT2D eigenvalue weighted by Crippen LogP contribution is 2.35. The second-order valence-electron chi connectivity index (χ2n) is 12.2. The molecule has 2 atom stereocenters. The quantitative estimate of drug-likeness (QED) is 0.441. The number of hydrogen-bond acceptors (Lipinski definition) is 5. The van der Waals surface area contributed by atoms with Gasteiger partial charge in [-0.1, -0.05) is 12.1 Å². The van der Waals surface area contributed by atoms with Crippen molar-refractivity contribution < 1.29 is 23.5 Å². The zero-order chi connectivity index (χ0) is 29.6. The summed E-state index contributed by atoms with van der Waals surface area (Å²) in [6.45, 7) is 2.01. The lowest BCUT2D eigenvalue weighted by molar-refractivity contribution is -0.139. The van der Waals surface area contributed by atoms with E-state index in [1.54, 1.807) is 12.0 Å². The number of rotatable bonds is 10. The third-order valence-corrected chi connectivity index (χ3v) is 9.23. The standard InChI is InChI=1S/C33H43FN4O4/c1-42-29-4-2-3-24(17-29)21-38(33(41)25-9-10-25)28-15-16-37(32(40)26-11-13-27(34)14-12-26)30(18-28)31(39)36-20-23-7-5-22(19-35)6-8-23/h2-4,11-14,17,22-23,25,28,30H,5-10,15-16,18-21,35H2,1H3,(H,36,39)/t22?,23?,28?,30-/m1/s1. The summed E-state index contributed by atoms with van der Waals surface area (Å²) in [5.41, 5.74) is 7.15. The van der Waals surface area contributed by atoms with Gasteiger partial charge in [0.1, 0.15) is 17.6 Å². The molecule has 3 fully saturated rings. The number of likely N-dealkylation sites (tertiary alicyclic amines) is 1. The Hall–Kier alpha value is -3.46. The van der Waals surface area contributed by atoms with E-state index < -0.39 is 11.9 Å². The van der Waals surface area contributed by atoms with E-state index >= 15 is 0 Å². The van der Waals surface area contributed by atoms with Gasteiger partial charge in [-0.15, -0.1) is 0 Å². The zero-order valence-electron chi connectivity index (χ0n) is 24.5. The molecule has 5 rings (SSSR count). The first-order chi connectivity index (χ1) is 20.4. The van der Waals surface area contributed by atoms with E-state index in [9.17, 15) is 18.8 Å². The average Bonchev–Trinajstić information content (AvgIpc) is 3.88. The highest BCUT2D eigenvalue weighted by Gasteiger charge is 2.42. The normalized spacial score (nSPS) is 24.1. The minimum atomic E-state index is -0.735. The molecule has 2 aliphatic carbocycles. The molecule has 3 N–H and O–H groups in total. The molecule has 8 nitrogen and oxygen atoms in total. The van der Waals surface area contributed by atoms with Gasteiger partial charge in [0.15, 0.2) is 0 Å². The van der Waals surface area contributed by atoms with Gasteiger partial charge in [-0.2, -0.15) is 0 Å². The second-order valence-corrected chi connectivity index (χ2v) is 12.2. The molecule has 0 radical (unpaired) electrons. The molecule has 2 aromatic rings. The molecular weight excluding hydrogens is 535 g/mol. The largest absolute Gasteiger partial charge is 0.497 e. The summed E-state index contributed by atoms with van der Waals surface area (Å²) in [5, 5.41) is 3.14. The molecule has 9 heteroatoms. The number of amides is 3. The molecule has 0 bridgehead atoms. The van der Waals surface area contributed by atoms with Crippen LogP contribution in [-0.2, 0) is 16.1 Å². The number of piperidine rings is 1. The van der Waals surface area contributed by atoms with Gasteiger partial charge in [-0.05, 0) is 112 Å². The Morgan fingerprint density at radius 1 is 1.00 bits per heavy atom. The van der Waals surface area contributed by atoms with E-state index in [-0.39, 0.29) is 29.7 Å². The van der Waals surface area contributed by atoms with Crippen LogP contribution < -0.4 is 15.8 Å². The monoisotopic (exact) mass is 578 g/mol. The van der Waals surface area contributed by atoms with Crippen LogP contribution in [0.4, 0.5) is 4.39 Å². The molecular formula is C33H43FN4O4. The lowest BCUT2D eigenvalue weighted by atomic mass is 9.82. The Balaban J connectivity index is 1.34. The summed E-state index contributed by atoms with van der Waals surface area (Å²) in [7, 11) is 1.62. The summed E-state index contributed by atoms with van der Waals surface area (Å²) < 4.78 is 19.0. The Morgan fingerprint density at radius 3 is 2.38 bits per heavy atom. The summed E-state index contributed by atoms with van der Waals surface area (Å²) in [6, 6.07) is 12.2. The van der Waals surface area contributed by atoms with Gasteiger partial charge in [0.05, 0.1) is 7.11 Å². The van der Waals surface area contributed by atoms with Crippen LogP contribution in [0.25, 0.3) is 0 Å². The first kappa shape index (κ1) is 30.0. The first-order valence-corrected chi connectivity index (χ1v) is 15.3. The smallest absolute Gasteiger partial charge is 0.254 e. The number of nitrogens with two attached hydrogens (primary N) is 1. The van der Waals surface area contributed by atoms with E-state index in [0.29, 0.717) is 56.4 Å². The van der Waals surface area contributed by atoms with Crippen molar-refractivity contribution in [1.29, 1.82) is 0 Å². The molecule has 0 spiro atoms. The summed E-state index contributed by atoms with van der Waals surface area (Å²) in [4.78, 5) is 44.5. The summed E-state index contributed by atoms with van der Waals surface area (Å²) in [6.07, 6.45) is 6.86. The maximum atomic E-state index is 13.8. The molecule has 1 heterocycles. The third kappa shape index (κ3) is 7.30. The molecule has 3 aliphatic rings. The van der Waals surface area contributed by atoms with Crippen LogP contribution in [0.15, 0.2) is 48.5 Å². The zero-order valence-corrected chi connectivity index (χ0v) is 24.5. The van der Waals surface area contributed by atoms with E-state index in [4.69, 9.17) is 10.5 Å². The number of halogens is 1. The topological polar surface area (TPSA) is 105 Å². The maximum absolute atomic E-state index is 13.8. The van der Waals surface area contributed by atoms with Gasteiger partial charge in [0.2, 0.25) is 11.8 Å². The van der Waals surface area contributed by atoms with E-state index in [0.717, 1.165) is 49.8 Å². The van der Waals surface area contributed by atoms with Crippen molar-refractivity contribution in [3.05, 3.63) is 65.5 Å². The SMILES string of the molecule is COc1cccc(CN(C(=O)C2CC2)C2CCN(C(=O)c3ccc(F)cc3)[C@@H](C(=O)NCC3CCC(CN)CC3)C2)c1. The Labute approximate surface area is 247 Å². The molecule has 2 saturated carbocycles. The highest BCUT2D eigenvalue weighted by atomic mass is 19.1. The number of benzene rings is 2. The Morgan fingerprint density at radius 2 is 1.71 bits per heavy atom. The Bertz CT molecular complexity index is 1240. The van der Waals surface area contributed by atoms with Gasteiger partial charge in [0.25, 0.3) is 5.91 Å². The number of carbonyl (C=O) groups is 3. The van der Waals surface area contributed by atoms with Crippen molar-refractivity contribution in [1.82, 2.24) is 15.1 Å². The van der Waals surface area contributed by atoms with Crippen LogP contribution in [0.1, 0.15) is 67.3 Å². The van der Waals surface area contributed by atoms with Gasteiger partial charge in [-0.25, -0.2) is 4.39 Å². The van der Waals surface area contributed by atoms with Crippen LogP contribution >= 0.6 is 0 Å². The number of methoxy groups -OCH3 is 1. The molecule has 2 aromatic carbocycles. The predicted molar refractivity (Wildman–Crippen MR) is 158 cm³/mol. The predicted octanol–water partition coefficient (Wildman–Crippen LogP) is 4.13. The minimum Gasteiger partial charge on any atom is -0.497 e. The van der Waals surface area contributed by atoms with Crippen molar-refractivity contribution in [3.63, 3.8) is 0 Å². The lowest BCUT2D eigenvalue weighted by Gasteiger charge is -2.43. The van der Waals surface area contributed by atoms with E-state index in [2.05, 4.69) is 5.32 Å². The fourth-order valence-corrected chi connectivity index (χ4v) is 6.43. The molecule has 1 aliphatic heterocycles. The van der Waals surface area contributed by atoms with Gasteiger partial charge < -0.3 is 25.6 Å². The van der Waals surface area contributed by atoms with Gasteiger partial charge in [-0.3, -0.25) is 14.4 Å². The minimum absolute atomic E-state index is 0.0189. The maximum Gasteiger partial charge on any atom is 0.254 e. The second kappa shape index (κ2) is 13.7. The average molecular weight is 579 g/mol. The molecule has 42 heavy (non-hydrogen) atoms. The number of nitrogens with one attached hydrogen (secondary N) is 1. The first-order valence-electron chi connectivity index (χ1n) is 15.3. The molecule has 1 saturated heterocycles. The number of carbonyl (C=O) groups excluding carboxylic acids is 3. The Kier molecular flexibility index (Phi) is 9.77. The van der Waals surface area contributed by atoms with Crippen LogP contribution in [0.5, 0.6) is 5.75 Å². The fraction of sp³-hybridized carbons (Fsp3) is 0.545. The van der Waals surface area contributed by atoms with Crippen LogP contribution in [-0.4, -0.2) is 66.3 Å². The number of hydrogen-bond donors (Lipinski definition) is 2. The van der Waals surface area contributed by atoms with E-state index in [1.165, 1.54) is 24.3 Å².